The van der Waals surface area contributed by atoms with E-state index in [1.165, 1.54) is 5.56 Å². The topological polar surface area (TPSA) is 46.3 Å². The van der Waals surface area contributed by atoms with E-state index >= 15 is 0 Å². The molecule has 1 heterocycles. The van der Waals surface area contributed by atoms with Crippen LogP contribution in [0, 0.1) is 11.3 Å². The van der Waals surface area contributed by atoms with E-state index in [1.807, 2.05) is 11.0 Å². The Bertz CT molecular complexity index is 488. The summed E-state index contributed by atoms with van der Waals surface area (Å²) < 4.78 is 0. The molecular weight excluding hydrogens is 236 g/mol. The molecule has 2 aliphatic rings. The molecule has 1 aromatic carbocycles. The number of carbonyl (C=O) groups excluding carboxylic acids is 1. The van der Waals surface area contributed by atoms with Crippen molar-refractivity contribution in [2.24, 2.45) is 17.1 Å². The average Bonchev–Trinajstić information content (AvgIpc) is 2.37. The summed E-state index contributed by atoms with van der Waals surface area (Å²) in [4.78, 5) is 14.9. The Morgan fingerprint density at radius 3 is 2.79 bits per heavy atom. The van der Waals surface area contributed by atoms with Gasteiger partial charge in [-0.25, -0.2) is 0 Å². The number of anilines is 1. The second kappa shape index (κ2) is 4.64. The first-order valence-electron chi connectivity index (χ1n) is 7.26. The Balaban J connectivity index is 1.94. The van der Waals surface area contributed by atoms with E-state index in [2.05, 4.69) is 25.1 Å². The van der Waals surface area contributed by atoms with Gasteiger partial charge in [0.1, 0.15) is 0 Å². The molecule has 3 nitrogen and oxygen atoms in total. The SMILES string of the molecule is CC1Cc2ccccc2N(C(=O)C2(CN)CCC2)C1. The van der Waals surface area contributed by atoms with Crippen molar-refractivity contribution in [1.82, 2.24) is 0 Å². The van der Waals surface area contributed by atoms with Crippen molar-refractivity contribution >= 4 is 11.6 Å². The highest BCUT2D eigenvalue weighted by Gasteiger charge is 2.46. The number of rotatable bonds is 2. The van der Waals surface area contributed by atoms with Gasteiger partial charge in [-0.1, -0.05) is 31.5 Å². The number of hydrogen-bond acceptors (Lipinski definition) is 2. The molecule has 3 heteroatoms. The van der Waals surface area contributed by atoms with Crippen LogP contribution < -0.4 is 10.6 Å². The molecule has 1 aliphatic carbocycles. The highest BCUT2D eigenvalue weighted by atomic mass is 16.2. The summed E-state index contributed by atoms with van der Waals surface area (Å²) in [5.74, 6) is 0.772. The zero-order valence-electron chi connectivity index (χ0n) is 11.6. The fraction of sp³-hybridized carbons (Fsp3) is 0.562. The van der Waals surface area contributed by atoms with Crippen LogP contribution in [0.1, 0.15) is 31.7 Å². The first-order chi connectivity index (χ1) is 9.16. The number of amides is 1. The van der Waals surface area contributed by atoms with Crippen LogP contribution in [-0.4, -0.2) is 19.0 Å². The van der Waals surface area contributed by atoms with Crippen LogP contribution in [0.4, 0.5) is 5.69 Å². The van der Waals surface area contributed by atoms with Crippen LogP contribution in [-0.2, 0) is 11.2 Å². The summed E-state index contributed by atoms with van der Waals surface area (Å²) in [6.45, 7) is 3.53. The molecule has 0 aromatic heterocycles. The molecule has 1 amide bonds. The van der Waals surface area contributed by atoms with Crippen LogP contribution in [0.3, 0.4) is 0 Å². The summed E-state index contributed by atoms with van der Waals surface area (Å²) >= 11 is 0. The largest absolute Gasteiger partial charge is 0.329 e. The first-order valence-corrected chi connectivity index (χ1v) is 7.26. The van der Waals surface area contributed by atoms with Crippen molar-refractivity contribution in [1.29, 1.82) is 0 Å². The molecule has 1 atom stereocenters. The van der Waals surface area contributed by atoms with Crippen LogP contribution in [0.5, 0.6) is 0 Å². The monoisotopic (exact) mass is 258 g/mol. The standard InChI is InChI=1S/C16H22N2O/c1-12-9-13-5-2-3-6-14(13)18(10-12)15(19)16(11-17)7-4-8-16/h2-3,5-6,12H,4,7-11,17H2,1H3. The Hall–Kier alpha value is -1.35. The number of fused-ring (bicyclic) bond motifs is 1. The van der Waals surface area contributed by atoms with Crippen molar-refractivity contribution < 1.29 is 4.79 Å². The molecule has 1 unspecified atom stereocenters. The summed E-state index contributed by atoms with van der Waals surface area (Å²) in [5, 5.41) is 0. The zero-order chi connectivity index (χ0) is 13.5. The van der Waals surface area contributed by atoms with Gasteiger partial charge in [0.2, 0.25) is 5.91 Å². The van der Waals surface area contributed by atoms with Gasteiger partial charge in [-0.3, -0.25) is 4.79 Å². The van der Waals surface area contributed by atoms with Gasteiger partial charge >= 0.3 is 0 Å². The van der Waals surface area contributed by atoms with Crippen molar-refractivity contribution in [3.05, 3.63) is 29.8 Å². The van der Waals surface area contributed by atoms with E-state index in [-0.39, 0.29) is 11.3 Å². The van der Waals surface area contributed by atoms with E-state index in [0.29, 0.717) is 12.5 Å². The third-order valence-corrected chi connectivity index (χ3v) is 4.75. The number of carbonyl (C=O) groups is 1. The average molecular weight is 258 g/mol. The number of nitrogens with zero attached hydrogens (tertiary/aromatic N) is 1. The summed E-state index contributed by atoms with van der Waals surface area (Å²) in [7, 11) is 0. The molecule has 1 aliphatic heterocycles. The molecule has 102 valence electrons. The summed E-state index contributed by atoms with van der Waals surface area (Å²) in [6.07, 6.45) is 4.11. The fourth-order valence-corrected chi connectivity index (χ4v) is 3.38. The normalized spacial score (nSPS) is 24.5. The van der Waals surface area contributed by atoms with Gasteiger partial charge in [-0.2, -0.15) is 0 Å². The minimum atomic E-state index is -0.274. The smallest absolute Gasteiger partial charge is 0.234 e. The van der Waals surface area contributed by atoms with E-state index in [9.17, 15) is 4.79 Å². The van der Waals surface area contributed by atoms with Crippen molar-refractivity contribution in [3.63, 3.8) is 0 Å². The number of para-hydroxylation sites is 1. The minimum absolute atomic E-state index is 0.250. The lowest BCUT2D eigenvalue weighted by Gasteiger charge is -2.45. The number of nitrogens with two attached hydrogens (primary N) is 1. The highest BCUT2D eigenvalue weighted by Crippen LogP contribution is 2.43. The lowest BCUT2D eigenvalue weighted by molar-refractivity contribution is -0.132. The van der Waals surface area contributed by atoms with Crippen molar-refractivity contribution in [2.45, 2.75) is 32.6 Å². The first kappa shape index (κ1) is 12.7. The van der Waals surface area contributed by atoms with E-state index < -0.39 is 0 Å². The van der Waals surface area contributed by atoms with Gasteiger partial charge < -0.3 is 10.6 Å². The van der Waals surface area contributed by atoms with Gasteiger partial charge in [-0.05, 0) is 36.8 Å². The molecule has 0 saturated heterocycles. The van der Waals surface area contributed by atoms with Crippen LogP contribution in [0.15, 0.2) is 24.3 Å². The van der Waals surface area contributed by atoms with Gasteiger partial charge in [0.25, 0.3) is 0 Å². The van der Waals surface area contributed by atoms with Gasteiger partial charge in [0.15, 0.2) is 0 Å². The van der Waals surface area contributed by atoms with Crippen molar-refractivity contribution in [3.8, 4) is 0 Å². The van der Waals surface area contributed by atoms with E-state index in [1.54, 1.807) is 0 Å². The molecule has 3 rings (SSSR count). The number of hydrogen-bond donors (Lipinski definition) is 1. The van der Waals surface area contributed by atoms with Crippen LogP contribution in [0.25, 0.3) is 0 Å². The van der Waals surface area contributed by atoms with Gasteiger partial charge in [-0.15, -0.1) is 0 Å². The maximum Gasteiger partial charge on any atom is 0.234 e. The molecule has 0 radical (unpaired) electrons. The van der Waals surface area contributed by atoms with Gasteiger partial charge in [0, 0.05) is 18.8 Å². The number of benzene rings is 1. The molecule has 0 bridgehead atoms. The highest BCUT2D eigenvalue weighted by molar-refractivity contribution is 5.99. The lowest BCUT2D eigenvalue weighted by Crippen LogP contribution is -2.54. The Labute approximate surface area is 114 Å². The van der Waals surface area contributed by atoms with Crippen LogP contribution >= 0.6 is 0 Å². The predicted octanol–water partition coefficient (Wildman–Crippen LogP) is 2.34. The van der Waals surface area contributed by atoms with Crippen molar-refractivity contribution in [2.75, 3.05) is 18.0 Å². The maximum atomic E-state index is 12.9. The van der Waals surface area contributed by atoms with E-state index in [4.69, 9.17) is 5.73 Å². The Morgan fingerprint density at radius 1 is 1.42 bits per heavy atom. The molecule has 0 spiro atoms. The second-order valence-electron chi connectivity index (χ2n) is 6.19. The van der Waals surface area contributed by atoms with E-state index in [0.717, 1.165) is 37.9 Å². The molecule has 19 heavy (non-hydrogen) atoms. The fourth-order valence-electron chi connectivity index (χ4n) is 3.38. The van der Waals surface area contributed by atoms with Gasteiger partial charge in [0.05, 0.1) is 5.41 Å². The third kappa shape index (κ3) is 1.96. The minimum Gasteiger partial charge on any atom is -0.329 e. The third-order valence-electron chi connectivity index (χ3n) is 4.75. The quantitative estimate of drug-likeness (QED) is 0.885. The predicted molar refractivity (Wildman–Crippen MR) is 77.0 cm³/mol. The summed E-state index contributed by atoms with van der Waals surface area (Å²) in [5.41, 5.74) is 8.00. The molecular formula is C16H22N2O. The zero-order valence-corrected chi connectivity index (χ0v) is 11.6. The molecule has 1 fully saturated rings. The maximum absolute atomic E-state index is 12.9. The second-order valence-corrected chi connectivity index (χ2v) is 6.19. The summed E-state index contributed by atoms with van der Waals surface area (Å²) in [6, 6.07) is 8.29. The van der Waals surface area contributed by atoms with Crippen LogP contribution in [0.2, 0.25) is 0 Å². The molecule has 1 saturated carbocycles. The lowest BCUT2D eigenvalue weighted by atomic mass is 9.67. The Morgan fingerprint density at radius 2 is 2.16 bits per heavy atom. The Kier molecular flexibility index (Phi) is 3.09. The molecule has 1 aromatic rings. The molecule has 2 N–H and O–H groups in total.